The predicted octanol–water partition coefficient (Wildman–Crippen LogP) is 4.05. The highest BCUT2D eigenvalue weighted by Crippen LogP contribution is 2.61. The second kappa shape index (κ2) is 6.07. The van der Waals surface area contributed by atoms with E-state index in [2.05, 4.69) is 13.5 Å². The molecule has 1 heterocycles. The number of aryl methyl sites for hydroxylation is 1. The van der Waals surface area contributed by atoms with Gasteiger partial charge in [0.15, 0.2) is 0 Å². The Morgan fingerprint density at radius 2 is 2.17 bits per heavy atom. The van der Waals surface area contributed by atoms with Crippen LogP contribution in [0.15, 0.2) is 35.2 Å². The number of rotatable bonds is 4. The average molecular weight is 332 g/mol. The fourth-order valence-corrected chi connectivity index (χ4v) is 5.41. The van der Waals surface area contributed by atoms with Crippen molar-refractivity contribution in [2.75, 3.05) is 0 Å². The van der Waals surface area contributed by atoms with Gasteiger partial charge in [0, 0.05) is 0 Å². The normalized spacial score (nSPS) is 39.5. The summed E-state index contributed by atoms with van der Waals surface area (Å²) in [6.07, 6.45) is 7.68. The molecule has 0 radical (unpaired) electrons. The second-order valence-electron chi connectivity index (χ2n) is 8.18. The third-order valence-corrected chi connectivity index (χ3v) is 6.90. The first-order chi connectivity index (χ1) is 11.3. The smallest absolute Gasteiger partial charge is 0.309 e. The number of hydrogen-bond donors (Lipinski definition) is 2. The summed E-state index contributed by atoms with van der Waals surface area (Å²) in [5.74, 6) is -0.613. The van der Waals surface area contributed by atoms with E-state index < -0.39 is 17.5 Å². The van der Waals surface area contributed by atoms with Crippen molar-refractivity contribution in [2.24, 2.45) is 22.7 Å². The maximum absolute atomic E-state index is 12.0. The molecule has 0 aromatic carbocycles. The highest BCUT2D eigenvalue weighted by molar-refractivity contribution is 5.75. The van der Waals surface area contributed by atoms with E-state index in [1.807, 2.05) is 13.0 Å². The molecule has 1 aromatic heterocycles. The maximum atomic E-state index is 12.0. The number of carbonyl (C=O) groups is 1. The Bertz CT molecular complexity index is 620. The highest BCUT2D eigenvalue weighted by Gasteiger charge is 2.59. The molecular formula is C20H28O4. The quantitative estimate of drug-likeness (QED) is 0.816. The van der Waals surface area contributed by atoms with Gasteiger partial charge in [0.25, 0.3) is 0 Å². The Morgan fingerprint density at radius 1 is 1.42 bits per heavy atom. The minimum Gasteiger partial charge on any atom is -0.481 e. The molecule has 5 atom stereocenters. The number of carboxylic acids is 1. The molecule has 0 unspecified atom stereocenters. The van der Waals surface area contributed by atoms with Crippen molar-refractivity contribution in [3.63, 3.8) is 0 Å². The SMILES string of the molecule is C=C1[C@H](O)C[C@@H]2[C@](C)(CCC[C@]2(C)C(=O)O)[C@H]1CCc1ccoc1. The number of aliphatic carboxylic acids is 1. The van der Waals surface area contributed by atoms with Gasteiger partial charge in [-0.05, 0) is 73.5 Å². The van der Waals surface area contributed by atoms with E-state index in [4.69, 9.17) is 4.42 Å². The van der Waals surface area contributed by atoms with Gasteiger partial charge in [0.1, 0.15) is 0 Å². The number of carboxylic acid groups (broad SMARTS) is 1. The van der Waals surface area contributed by atoms with Crippen LogP contribution in [0.25, 0.3) is 0 Å². The van der Waals surface area contributed by atoms with Crippen molar-refractivity contribution < 1.29 is 19.4 Å². The minimum absolute atomic E-state index is 0.0221. The molecule has 0 saturated heterocycles. The highest BCUT2D eigenvalue weighted by atomic mass is 16.4. The molecule has 0 spiro atoms. The monoisotopic (exact) mass is 332 g/mol. The molecule has 2 saturated carbocycles. The van der Waals surface area contributed by atoms with Crippen LogP contribution in [0.3, 0.4) is 0 Å². The Hall–Kier alpha value is -1.55. The molecule has 2 fully saturated rings. The molecule has 2 aliphatic carbocycles. The van der Waals surface area contributed by atoms with Crippen LogP contribution < -0.4 is 0 Å². The summed E-state index contributed by atoms with van der Waals surface area (Å²) in [4.78, 5) is 12.0. The van der Waals surface area contributed by atoms with Gasteiger partial charge in [0.2, 0.25) is 0 Å². The van der Waals surface area contributed by atoms with Crippen LogP contribution in [0.2, 0.25) is 0 Å². The lowest BCUT2D eigenvalue weighted by Gasteiger charge is -2.58. The lowest BCUT2D eigenvalue weighted by molar-refractivity contribution is -0.167. The van der Waals surface area contributed by atoms with E-state index in [-0.39, 0.29) is 17.3 Å². The standard InChI is InChI=1S/C20H28O4/c1-13-15(6-5-14-7-10-24-12-14)19(2)8-4-9-20(3,18(22)23)17(19)11-16(13)21/h7,10,12,15-17,21H,1,4-6,8-9,11H2,2-3H3,(H,22,23)/t15-,16+,17+,19+,20-/m0/s1. The van der Waals surface area contributed by atoms with Crippen LogP contribution in [-0.2, 0) is 11.2 Å². The lowest BCUT2D eigenvalue weighted by atomic mass is 9.46. The van der Waals surface area contributed by atoms with E-state index >= 15 is 0 Å². The van der Waals surface area contributed by atoms with E-state index in [1.165, 1.54) is 0 Å². The summed E-state index contributed by atoms with van der Waals surface area (Å²) in [5.41, 5.74) is 1.14. The minimum atomic E-state index is -0.761. The van der Waals surface area contributed by atoms with Crippen LogP contribution in [0, 0.1) is 22.7 Å². The fraction of sp³-hybridized carbons (Fsp3) is 0.650. The molecule has 0 bridgehead atoms. The van der Waals surface area contributed by atoms with E-state index in [9.17, 15) is 15.0 Å². The molecule has 4 nitrogen and oxygen atoms in total. The predicted molar refractivity (Wildman–Crippen MR) is 91.5 cm³/mol. The van der Waals surface area contributed by atoms with Crippen LogP contribution in [0.1, 0.15) is 51.5 Å². The lowest BCUT2D eigenvalue weighted by Crippen LogP contribution is -2.56. The Kier molecular flexibility index (Phi) is 4.37. The van der Waals surface area contributed by atoms with Gasteiger partial charge in [-0.1, -0.05) is 19.9 Å². The van der Waals surface area contributed by atoms with Crippen molar-refractivity contribution in [2.45, 2.75) is 58.5 Å². The Labute approximate surface area is 143 Å². The number of fused-ring (bicyclic) bond motifs is 1. The van der Waals surface area contributed by atoms with Crippen molar-refractivity contribution in [3.05, 3.63) is 36.3 Å². The second-order valence-corrected chi connectivity index (χ2v) is 8.18. The molecule has 2 N–H and O–H groups in total. The van der Waals surface area contributed by atoms with Gasteiger partial charge < -0.3 is 14.6 Å². The largest absolute Gasteiger partial charge is 0.481 e. The van der Waals surface area contributed by atoms with E-state index in [1.54, 1.807) is 12.5 Å². The summed E-state index contributed by atoms with van der Waals surface area (Å²) < 4.78 is 5.15. The van der Waals surface area contributed by atoms with Gasteiger partial charge in [-0.3, -0.25) is 4.79 Å². The van der Waals surface area contributed by atoms with E-state index in [0.29, 0.717) is 12.8 Å². The fourth-order valence-electron chi connectivity index (χ4n) is 5.41. The average Bonchev–Trinajstić information content (AvgIpc) is 3.03. The third kappa shape index (κ3) is 2.61. The zero-order valence-corrected chi connectivity index (χ0v) is 14.6. The summed E-state index contributed by atoms with van der Waals surface area (Å²) in [6.45, 7) is 8.27. The third-order valence-electron chi connectivity index (χ3n) is 6.90. The number of furan rings is 1. The topological polar surface area (TPSA) is 70.7 Å². The number of aliphatic hydroxyl groups excluding tert-OH is 1. The molecular weight excluding hydrogens is 304 g/mol. The molecule has 0 aliphatic heterocycles. The number of aliphatic hydroxyl groups is 1. The summed E-state index contributed by atoms with van der Waals surface area (Å²) in [7, 11) is 0. The summed E-state index contributed by atoms with van der Waals surface area (Å²) >= 11 is 0. The first-order valence-corrected chi connectivity index (χ1v) is 8.90. The number of hydrogen-bond acceptors (Lipinski definition) is 3. The zero-order valence-electron chi connectivity index (χ0n) is 14.6. The molecule has 3 rings (SSSR count). The molecule has 0 amide bonds. The van der Waals surface area contributed by atoms with Gasteiger partial charge in [0.05, 0.1) is 24.0 Å². The zero-order chi connectivity index (χ0) is 17.5. The van der Waals surface area contributed by atoms with Gasteiger partial charge in [-0.2, -0.15) is 0 Å². The first-order valence-electron chi connectivity index (χ1n) is 8.90. The Balaban J connectivity index is 1.91. The molecule has 132 valence electrons. The van der Waals surface area contributed by atoms with Crippen molar-refractivity contribution in [1.29, 1.82) is 0 Å². The Morgan fingerprint density at radius 3 is 2.79 bits per heavy atom. The van der Waals surface area contributed by atoms with Crippen molar-refractivity contribution in [3.8, 4) is 0 Å². The first kappa shape index (κ1) is 17.3. The molecule has 1 aromatic rings. The van der Waals surface area contributed by atoms with E-state index in [0.717, 1.165) is 36.8 Å². The van der Waals surface area contributed by atoms with Crippen LogP contribution in [0.4, 0.5) is 0 Å². The molecule has 24 heavy (non-hydrogen) atoms. The van der Waals surface area contributed by atoms with Crippen LogP contribution in [0.5, 0.6) is 0 Å². The molecule has 4 heteroatoms. The maximum Gasteiger partial charge on any atom is 0.309 e. The van der Waals surface area contributed by atoms with Crippen LogP contribution >= 0.6 is 0 Å². The summed E-state index contributed by atoms with van der Waals surface area (Å²) in [6, 6.07) is 1.96. The van der Waals surface area contributed by atoms with Gasteiger partial charge in [-0.25, -0.2) is 0 Å². The molecule has 2 aliphatic rings. The van der Waals surface area contributed by atoms with Gasteiger partial charge >= 0.3 is 5.97 Å². The van der Waals surface area contributed by atoms with Gasteiger partial charge in [-0.15, -0.1) is 0 Å². The van der Waals surface area contributed by atoms with Crippen molar-refractivity contribution in [1.82, 2.24) is 0 Å². The summed E-state index contributed by atoms with van der Waals surface area (Å²) in [5, 5.41) is 20.4. The van der Waals surface area contributed by atoms with Crippen molar-refractivity contribution >= 4 is 5.97 Å². The van der Waals surface area contributed by atoms with Crippen LogP contribution in [-0.4, -0.2) is 22.3 Å².